The number of phenols is 1. The molecule has 0 saturated heterocycles. The molecule has 0 saturated carbocycles. The van der Waals surface area contributed by atoms with Gasteiger partial charge < -0.3 is 15.3 Å². The maximum atomic E-state index is 11.0. The minimum Gasteiger partial charge on any atom is -0.505 e. The maximum absolute atomic E-state index is 11.0. The Bertz CT molecular complexity index is 939. The van der Waals surface area contributed by atoms with E-state index < -0.39 is 0 Å². The zero-order chi connectivity index (χ0) is 21.7. The molecule has 0 unspecified atom stereocenters. The quantitative estimate of drug-likeness (QED) is 0.500. The van der Waals surface area contributed by atoms with Crippen molar-refractivity contribution in [1.29, 1.82) is 0 Å². The van der Waals surface area contributed by atoms with Gasteiger partial charge in [0.25, 0.3) is 0 Å². The number of fused-ring (bicyclic) bond motifs is 1. The van der Waals surface area contributed by atoms with Crippen LogP contribution in [0.25, 0.3) is 16.7 Å². The number of aromatic hydroxyl groups is 1. The van der Waals surface area contributed by atoms with Crippen molar-refractivity contribution in [2.24, 2.45) is 0 Å². The fourth-order valence-electron chi connectivity index (χ4n) is 3.64. The molecular formula is C23H32N4O3. The van der Waals surface area contributed by atoms with Crippen molar-refractivity contribution in [1.82, 2.24) is 19.9 Å². The highest BCUT2D eigenvalue weighted by Gasteiger charge is 2.23. The molecule has 0 fully saturated rings. The molecule has 1 heterocycles. The smallest absolute Gasteiger partial charge is 0.146 e. The molecule has 0 spiro atoms. The first-order valence-corrected chi connectivity index (χ1v) is 10.5. The van der Waals surface area contributed by atoms with Gasteiger partial charge in [0.1, 0.15) is 22.5 Å². The summed E-state index contributed by atoms with van der Waals surface area (Å²) in [5, 5.41) is 38.5. The highest BCUT2D eigenvalue weighted by atomic mass is 16.3. The van der Waals surface area contributed by atoms with E-state index in [-0.39, 0.29) is 24.4 Å². The average molecular weight is 413 g/mol. The summed E-state index contributed by atoms with van der Waals surface area (Å²) in [6.07, 6.45) is 1.69. The van der Waals surface area contributed by atoms with Crippen molar-refractivity contribution in [3.05, 3.63) is 47.5 Å². The lowest BCUT2D eigenvalue weighted by atomic mass is 9.84. The van der Waals surface area contributed by atoms with Gasteiger partial charge >= 0.3 is 0 Å². The zero-order valence-corrected chi connectivity index (χ0v) is 18.0. The van der Waals surface area contributed by atoms with Crippen molar-refractivity contribution in [3.63, 3.8) is 0 Å². The third-order valence-electron chi connectivity index (χ3n) is 5.23. The second-order valence-electron chi connectivity index (χ2n) is 8.63. The number of hydrogen-bond donors (Lipinski definition) is 3. The van der Waals surface area contributed by atoms with Crippen LogP contribution in [-0.2, 0) is 11.8 Å². The van der Waals surface area contributed by atoms with Crippen LogP contribution in [0.4, 0.5) is 0 Å². The number of nitrogens with zero attached hydrogens (tertiary/aromatic N) is 4. The van der Waals surface area contributed by atoms with Gasteiger partial charge in [-0.2, -0.15) is 0 Å². The van der Waals surface area contributed by atoms with Crippen molar-refractivity contribution < 1.29 is 15.3 Å². The second-order valence-corrected chi connectivity index (χ2v) is 8.63. The van der Waals surface area contributed by atoms with Crippen molar-refractivity contribution in [3.8, 4) is 11.4 Å². The van der Waals surface area contributed by atoms with E-state index in [0.717, 1.165) is 41.5 Å². The molecule has 0 aliphatic carbocycles. The molecule has 1 aromatic heterocycles. The molecule has 3 rings (SSSR count). The maximum Gasteiger partial charge on any atom is 0.146 e. The molecule has 7 nitrogen and oxygen atoms in total. The Morgan fingerprint density at radius 1 is 0.933 bits per heavy atom. The van der Waals surface area contributed by atoms with E-state index in [1.807, 2.05) is 35.2 Å². The van der Waals surface area contributed by atoms with Crippen molar-refractivity contribution >= 4 is 11.0 Å². The molecule has 2 aromatic carbocycles. The second kappa shape index (κ2) is 9.55. The van der Waals surface area contributed by atoms with Gasteiger partial charge in [-0.1, -0.05) is 39.0 Å². The van der Waals surface area contributed by atoms with E-state index in [4.69, 9.17) is 0 Å². The first-order valence-electron chi connectivity index (χ1n) is 10.5. The summed E-state index contributed by atoms with van der Waals surface area (Å²) in [6.45, 7) is 8.28. The minimum absolute atomic E-state index is 0.0794. The molecule has 162 valence electrons. The number of aliphatic hydroxyl groups is 2. The van der Waals surface area contributed by atoms with Crippen LogP contribution in [0.2, 0.25) is 0 Å². The predicted octanol–water partition coefficient (Wildman–Crippen LogP) is 2.64. The molecule has 0 radical (unpaired) electrons. The van der Waals surface area contributed by atoms with Gasteiger partial charge in [0.2, 0.25) is 0 Å². The van der Waals surface area contributed by atoms with Crippen LogP contribution in [0.5, 0.6) is 5.75 Å². The molecule has 0 aliphatic rings. The van der Waals surface area contributed by atoms with Gasteiger partial charge in [0.05, 0.1) is 13.2 Å². The fourth-order valence-corrected chi connectivity index (χ4v) is 3.64. The molecule has 3 N–H and O–H groups in total. The molecule has 0 bridgehead atoms. The number of aryl methyl sites for hydroxylation is 1. The third kappa shape index (κ3) is 5.16. The number of phenolic OH excluding ortho intramolecular Hbond substituents is 1. The van der Waals surface area contributed by atoms with E-state index in [0.29, 0.717) is 18.8 Å². The first kappa shape index (κ1) is 22.2. The van der Waals surface area contributed by atoms with E-state index in [1.54, 1.807) is 0 Å². The summed E-state index contributed by atoms with van der Waals surface area (Å²) >= 11 is 0. The van der Waals surface area contributed by atoms with Gasteiger partial charge in [-0.15, -0.1) is 15.0 Å². The summed E-state index contributed by atoms with van der Waals surface area (Å²) in [6, 6.07) is 11.7. The number of hydrogen-bond acceptors (Lipinski definition) is 6. The topological polar surface area (TPSA) is 94.6 Å². The van der Waals surface area contributed by atoms with Gasteiger partial charge in [0, 0.05) is 18.7 Å². The molecule has 0 aliphatic heterocycles. The number of benzene rings is 2. The Balaban J connectivity index is 1.91. The number of rotatable bonds is 9. The Labute approximate surface area is 177 Å². The van der Waals surface area contributed by atoms with Crippen molar-refractivity contribution in [2.75, 3.05) is 32.8 Å². The average Bonchev–Trinajstić information content (AvgIpc) is 3.12. The normalized spacial score (nSPS) is 12.2. The highest BCUT2D eigenvalue weighted by Crippen LogP contribution is 2.36. The number of aromatic nitrogens is 3. The number of aliphatic hydroxyl groups excluding tert-OH is 2. The Morgan fingerprint density at radius 3 is 2.07 bits per heavy atom. The van der Waals surface area contributed by atoms with Crippen molar-refractivity contribution in [2.45, 2.75) is 39.0 Å². The summed E-state index contributed by atoms with van der Waals surface area (Å²) in [5.41, 5.74) is 3.87. The van der Waals surface area contributed by atoms with Crippen LogP contribution >= 0.6 is 0 Å². The van der Waals surface area contributed by atoms with Crippen LogP contribution in [0.3, 0.4) is 0 Å². The summed E-state index contributed by atoms with van der Waals surface area (Å²) in [4.78, 5) is 3.57. The summed E-state index contributed by atoms with van der Waals surface area (Å²) < 4.78 is 0. The largest absolute Gasteiger partial charge is 0.505 e. The lowest BCUT2D eigenvalue weighted by Gasteiger charge is -2.23. The van der Waals surface area contributed by atoms with Gasteiger partial charge in [-0.25, -0.2) is 0 Å². The molecule has 3 aromatic rings. The molecule has 0 atom stereocenters. The Morgan fingerprint density at radius 2 is 1.53 bits per heavy atom. The summed E-state index contributed by atoms with van der Waals surface area (Å²) in [5.74, 6) is 0.203. The lowest BCUT2D eigenvalue weighted by molar-refractivity contribution is 0.160. The van der Waals surface area contributed by atoms with Crippen LogP contribution in [-0.4, -0.2) is 68.1 Å². The van der Waals surface area contributed by atoms with E-state index in [1.165, 1.54) is 4.80 Å². The van der Waals surface area contributed by atoms with Gasteiger partial charge in [-0.05, 0) is 48.6 Å². The van der Waals surface area contributed by atoms with Gasteiger partial charge in [-0.3, -0.25) is 4.90 Å². The van der Waals surface area contributed by atoms with Crippen LogP contribution < -0.4 is 0 Å². The van der Waals surface area contributed by atoms with E-state index in [2.05, 4.69) is 37.0 Å². The first-order chi connectivity index (χ1) is 14.3. The zero-order valence-electron chi connectivity index (χ0n) is 18.0. The van der Waals surface area contributed by atoms with Crippen LogP contribution in [0.15, 0.2) is 36.4 Å². The minimum atomic E-state index is -0.235. The van der Waals surface area contributed by atoms with E-state index in [9.17, 15) is 15.3 Å². The highest BCUT2D eigenvalue weighted by molar-refractivity contribution is 5.73. The molecule has 7 heteroatoms. The van der Waals surface area contributed by atoms with Crippen LogP contribution in [0.1, 0.15) is 38.3 Å². The third-order valence-corrected chi connectivity index (χ3v) is 5.23. The summed E-state index contributed by atoms with van der Waals surface area (Å²) in [7, 11) is 0. The lowest BCUT2D eigenvalue weighted by Crippen LogP contribution is -2.31. The predicted molar refractivity (Wildman–Crippen MR) is 118 cm³/mol. The Kier molecular flexibility index (Phi) is 7.07. The molecular weight excluding hydrogens is 380 g/mol. The molecule has 30 heavy (non-hydrogen) atoms. The monoisotopic (exact) mass is 412 g/mol. The fraction of sp³-hybridized carbons (Fsp3) is 0.478. The van der Waals surface area contributed by atoms with Crippen LogP contribution in [0, 0.1) is 0 Å². The van der Waals surface area contributed by atoms with Gasteiger partial charge in [0.15, 0.2) is 0 Å². The molecule has 0 amide bonds. The SMILES string of the molecule is CC(C)(C)c1cc(CCCN(CCO)CCO)cc(-n2nc3ccccc3n2)c1O. The van der Waals surface area contributed by atoms with E-state index >= 15 is 0 Å². The Hall–Kier alpha value is -2.48. The standard InChI is InChI=1S/C23H32N4O3/c1-23(2,3)18-15-17(7-6-10-26(11-13-28)12-14-29)16-21(22(18)30)27-24-19-8-4-5-9-20(19)25-27/h4-5,8-9,15-16,28-30H,6-7,10-14H2,1-3H3.